The molecular weight excluding hydrogens is 493 g/mol. The first kappa shape index (κ1) is 25.4. The number of anilines is 3. The van der Waals surface area contributed by atoms with Gasteiger partial charge in [0.25, 0.3) is 0 Å². The molecule has 0 bridgehead atoms. The maximum Gasteiger partial charge on any atom is 0.416 e. The summed E-state index contributed by atoms with van der Waals surface area (Å²) in [5, 5.41) is 5.42. The molecule has 0 radical (unpaired) electrons. The van der Waals surface area contributed by atoms with Crippen molar-refractivity contribution in [3.63, 3.8) is 0 Å². The van der Waals surface area contributed by atoms with Crippen LogP contribution in [0.3, 0.4) is 0 Å². The van der Waals surface area contributed by atoms with Crippen LogP contribution in [0.15, 0.2) is 72.8 Å². The van der Waals surface area contributed by atoms with Gasteiger partial charge in [-0.25, -0.2) is 13.2 Å². The summed E-state index contributed by atoms with van der Waals surface area (Å²) in [7, 11) is -3.42. The van der Waals surface area contributed by atoms with E-state index in [4.69, 9.17) is 0 Å². The lowest BCUT2D eigenvalue weighted by atomic mass is 10.0. The Bertz CT molecular complexity index is 1330. The van der Waals surface area contributed by atoms with Gasteiger partial charge in [0.1, 0.15) is 0 Å². The summed E-state index contributed by atoms with van der Waals surface area (Å²) in [6.45, 7) is 1.29. The first-order valence-electron chi connectivity index (χ1n) is 11.1. The van der Waals surface area contributed by atoms with Crippen molar-refractivity contribution >= 4 is 33.1 Å². The molecule has 1 saturated heterocycles. The Labute approximate surface area is 207 Å². The van der Waals surface area contributed by atoms with Crippen molar-refractivity contribution in [1.82, 2.24) is 5.32 Å². The third kappa shape index (κ3) is 6.48. The minimum Gasteiger partial charge on any atom is -0.369 e. The van der Waals surface area contributed by atoms with E-state index < -0.39 is 27.8 Å². The largest absolute Gasteiger partial charge is 0.416 e. The number of hydrogen-bond acceptors (Lipinski definition) is 4. The molecule has 3 N–H and O–H groups in total. The molecule has 36 heavy (non-hydrogen) atoms. The van der Waals surface area contributed by atoms with Crippen LogP contribution < -0.4 is 20.3 Å². The van der Waals surface area contributed by atoms with Crippen LogP contribution in [0.1, 0.15) is 12.0 Å². The van der Waals surface area contributed by atoms with Gasteiger partial charge in [0.15, 0.2) is 0 Å². The molecule has 190 valence electrons. The third-order valence-corrected chi connectivity index (χ3v) is 6.35. The number of urea groups is 1. The lowest BCUT2D eigenvalue weighted by molar-refractivity contribution is -0.137. The topological polar surface area (TPSA) is 90.5 Å². The van der Waals surface area contributed by atoms with Crippen LogP contribution in [0, 0.1) is 0 Å². The molecular formula is C25H25F3N4O3S. The smallest absolute Gasteiger partial charge is 0.369 e. The number of nitrogens with zero attached hydrogens (tertiary/aromatic N) is 1. The van der Waals surface area contributed by atoms with Crippen LogP contribution in [-0.4, -0.2) is 39.8 Å². The van der Waals surface area contributed by atoms with E-state index in [1.165, 1.54) is 12.1 Å². The number of nitrogens with one attached hydrogen (secondary N) is 3. The van der Waals surface area contributed by atoms with E-state index in [1.54, 1.807) is 12.1 Å². The van der Waals surface area contributed by atoms with E-state index in [1.807, 2.05) is 36.4 Å². The van der Waals surface area contributed by atoms with E-state index in [0.29, 0.717) is 18.7 Å². The molecule has 4 rings (SSSR count). The minimum atomic E-state index is -4.43. The average molecular weight is 519 g/mol. The monoisotopic (exact) mass is 518 g/mol. The minimum absolute atomic E-state index is 0.126. The van der Waals surface area contributed by atoms with E-state index >= 15 is 0 Å². The van der Waals surface area contributed by atoms with Crippen molar-refractivity contribution in [2.45, 2.75) is 18.6 Å². The van der Waals surface area contributed by atoms with Gasteiger partial charge in [-0.2, -0.15) is 13.2 Å². The molecule has 1 heterocycles. The zero-order chi connectivity index (χ0) is 25.9. The molecule has 0 spiro atoms. The highest BCUT2D eigenvalue weighted by atomic mass is 32.2. The number of alkyl halides is 3. The zero-order valence-electron chi connectivity index (χ0n) is 19.3. The summed E-state index contributed by atoms with van der Waals surface area (Å²) in [5.41, 5.74) is 2.57. The zero-order valence-corrected chi connectivity index (χ0v) is 20.2. The molecule has 1 fully saturated rings. The second-order valence-corrected chi connectivity index (χ2v) is 10.3. The van der Waals surface area contributed by atoms with Crippen molar-refractivity contribution < 1.29 is 26.4 Å². The Morgan fingerprint density at radius 1 is 0.972 bits per heavy atom. The molecule has 3 aromatic rings. The van der Waals surface area contributed by atoms with Crippen molar-refractivity contribution in [2.75, 3.05) is 34.3 Å². The summed E-state index contributed by atoms with van der Waals surface area (Å²) >= 11 is 0. The molecule has 3 aromatic carbocycles. The summed E-state index contributed by atoms with van der Waals surface area (Å²) < 4.78 is 63.9. The lowest BCUT2D eigenvalue weighted by Gasteiger charge is -2.20. The van der Waals surface area contributed by atoms with Crippen molar-refractivity contribution in [1.29, 1.82) is 0 Å². The molecule has 7 nitrogen and oxygen atoms in total. The molecule has 0 unspecified atom stereocenters. The Hall–Kier alpha value is -3.73. The average Bonchev–Trinajstić information content (AvgIpc) is 3.26. The molecule has 2 amide bonds. The fraction of sp³-hybridized carbons (Fsp3) is 0.240. The number of rotatable bonds is 6. The van der Waals surface area contributed by atoms with E-state index in [9.17, 15) is 26.4 Å². The second-order valence-electron chi connectivity index (χ2n) is 8.57. The molecule has 1 atom stereocenters. The molecule has 1 aliphatic heterocycles. The van der Waals surface area contributed by atoms with Crippen LogP contribution in [0.2, 0.25) is 0 Å². The second kappa shape index (κ2) is 10.1. The first-order chi connectivity index (χ1) is 17.0. The van der Waals surface area contributed by atoms with Crippen LogP contribution in [0.25, 0.3) is 11.1 Å². The standard InChI is InChI=1S/C25H25F3N4O3S/c1-36(34,35)31-23-5-3-2-4-22(23)17-6-12-21(13-7-17)32-15-14-20(16-32)30-24(33)29-19-10-8-18(9-11-19)25(26,27)28/h2-13,20,31H,14-16H2,1H3,(H2,29,30,33)/t20-/m1/s1. The number of carbonyl (C=O) groups excluding carboxylic acids is 1. The fourth-order valence-corrected chi connectivity index (χ4v) is 4.66. The van der Waals surface area contributed by atoms with Crippen molar-refractivity contribution in [3.8, 4) is 11.1 Å². The SMILES string of the molecule is CS(=O)(=O)Nc1ccccc1-c1ccc(N2CC[C@@H](NC(=O)Nc3ccc(C(F)(F)F)cc3)C2)cc1. The summed E-state index contributed by atoms with van der Waals surface area (Å²) in [6, 6.07) is 18.5. The number of carbonyl (C=O) groups is 1. The predicted octanol–water partition coefficient (Wildman–Crippen LogP) is 5.14. The summed E-state index contributed by atoms with van der Waals surface area (Å²) in [6.07, 6.45) is -2.61. The van der Waals surface area contributed by atoms with E-state index in [2.05, 4.69) is 20.3 Å². The van der Waals surface area contributed by atoms with Crippen molar-refractivity contribution in [3.05, 3.63) is 78.4 Å². The predicted molar refractivity (Wildman–Crippen MR) is 135 cm³/mol. The molecule has 0 aliphatic carbocycles. The Kier molecular flexibility index (Phi) is 7.11. The number of sulfonamides is 1. The molecule has 11 heteroatoms. The van der Waals surface area contributed by atoms with Gasteiger partial charge in [0, 0.05) is 36.1 Å². The first-order valence-corrected chi connectivity index (χ1v) is 13.0. The summed E-state index contributed by atoms with van der Waals surface area (Å²) in [5.74, 6) is 0. The van der Waals surface area contributed by atoms with Gasteiger partial charge >= 0.3 is 12.2 Å². The van der Waals surface area contributed by atoms with Gasteiger partial charge in [-0.3, -0.25) is 4.72 Å². The Morgan fingerprint density at radius 2 is 1.64 bits per heavy atom. The number of benzene rings is 3. The quantitative estimate of drug-likeness (QED) is 0.421. The highest BCUT2D eigenvalue weighted by Gasteiger charge is 2.30. The van der Waals surface area contributed by atoms with Crippen LogP contribution in [0.4, 0.5) is 35.0 Å². The highest BCUT2D eigenvalue weighted by molar-refractivity contribution is 7.92. The van der Waals surface area contributed by atoms with Gasteiger partial charge in [-0.15, -0.1) is 0 Å². The fourth-order valence-electron chi connectivity index (χ4n) is 4.08. The van der Waals surface area contributed by atoms with Crippen LogP contribution >= 0.6 is 0 Å². The Morgan fingerprint density at radius 3 is 2.28 bits per heavy atom. The van der Waals surface area contributed by atoms with E-state index in [0.717, 1.165) is 41.7 Å². The maximum absolute atomic E-state index is 12.7. The maximum atomic E-state index is 12.7. The molecule has 0 saturated carbocycles. The number of hydrogen-bond donors (Lipinski definition) is 3. The van der Waals surface area contributed by atoms with Crippen molar-refractivity contribution in [2.24, 2.45) is 0 Å². The summed E-state index contributed by atoms with van der Waals surface area (Å²) in [4.78, 5) is 14.4. The van der Waals surface area contributed by atoms with Gasteiger partial charge in [0.2, 0.25) is 10.0 Å². The Balaban J connectivity index is 1.35. The normalized spacial score (nSPS) is 16.0. The van der Waals surface area contributed by atoms with Crippen LogP contribution in [0.5, 0.6) is 0 Å². The highest BCUT2D eigenvalue weighted by Crippen LogP contribution is 2.31. The lowest BCUT2D eigenvalue weighted by Crippen LogP contribution is -2.39. The van der Waals surface area contributed by atoms with Crippen LogP contribution in [-0.2, 0) is 16.2 Å². The molecule has 0 aromatic heterocycles. The van der Waals surface area contributed by atoms with Gasteiger partial charge in [0.05, 0.1) is 17.5 Å². The number of halogens is 3. The van der Waals surface area contributed by atoms with Gasteiger partial charge in [-0.05, 0) is 54.4 Å². The third-order valence-electron chi connectivity index (χ3n) is 5.76. The van der Waals surface area contributed by atoms with E-state index in [-0.39, 0.29) is 11.7 Å². The van der Waals surface area contributed by atoms with Gasteiger partial charge in [-0.1, -0.05) is 30.3 Å². The van der Waals surface area contributed by atoms with Gasteiger partial charge < -0.3 is 15.5 Å². The number of para-hydroxylation sites is 1. The number of amides is 2. The molecule has 1 aliphatic rings.